The number of anilines is 3. The van der Waals surface area contributed by atoms with Gasteiger partial charge in [-0.05, 0) is 79.8 Å². The number of thiocarbonyl (C=S) groups is 1. The summed E-state index contributed by atoms with van der Waals surface area (Å²) in [4.78, 5) is 13.4. The number of rotatable bonds is 7. The number of thioether (sulfide) groups is 1. The number of carbonyl (C=O) groups is 1. The first-order chi connectivity index (χ1) is 15.2. The number of primary sulfonamides is 1. The average Bonchev–Trinajstić information content (AvgIpc) is 2.75. The lowest BCUT2D eigenvalue weighted by molar-refractivity contribution is -0.115. The van der Waals surface area contributed by atoms with Crippen molar-refractivity contribution in [3.05, 3.63) is 78.9 Å². The van der Waals surface area contributed by atoms with Crippen molar-refractivity contribution < 1.29 is 13.2 Å². The van der Waals surface area contributed by atoms with E-state index >= 15 is 0 Å². The van der Waals surface area contributed by atoms with Crippen LogP contribution in [0.15, 0.2) is 88.7 Å². The van der Waals surface area contributed by atoms with E-state index in [0.717, 1.165) is 16.3 Å². The van der Waals surface area contributed by atoms with Gasteiger partial charge in [0.05, 0.1) is 10.1 Å². The molecular weight excluding hydrogens is 464 g/mol. The molecule has 10 heteroatoms. The summed E-state index contributed by atoms with van der Waals surface area (Å²) in [5, 5.41) is 14.2. The van der Waals surface area contributed by atoms with E-state index in [1.807, 2.05) is 54.6 Å². The molecule has 0 spiro atoms. The van der Waals surface area contributed by atoms with Crippen LogP contribution in [0, 0.1) is 0 Å². The highest BCUT2D eigenvalue weighted by atomic mass is 32.2. The summed E-state index contributed by atoms with van der Waals surface area (Å²) >= 11 is 6.73. The maximum atomic E-state index is 12.5. The SMILES string of the molecule is CC(Sc1ccc(NC(=S)Nc2ccccc2)cc1)C(=O)Nc1ccc(S(N)(=O)=O)cc1. The minimum atomic E-state index is -3.77. The van der Waals surface area contributed by atoms with Crippen molar-refractivity contribution in [3.63, 3.8) is 0 Å². The third kappa shape index (κ3) is 7.06. The highest BCUT2D eigenvalue weighted by molar-refractivity contribution is 8.00. The highest BCUT2D eigenvalue weighted by Crippen LogP contribution is 2.26. The van der Waals surface area contributed by atoms with Gasteiger partial charge >= 0.3 is 0 Å². The van der Waals surface area contributed by atoms with E-state index in [9.17, 15) is 13.2 Å². The molecule has 0 aliphatic carbocycles. The number of hydrogen-bond donors (Lipinski definition) is 4. The average molecular weight is 487 g/mol. The molecule has 0 aromatic heterocycles. The summed E-state index contributed by atoms with van der Waals surface area (Å²) in [6.45, 7) is 1.80. The molecule has 0 heterocycles. The standard InChI is InChI=1S/C22H22N4O3S3/c1-15(21(27)24-17-9-13-20(14-10-17)32(23,28)29)31-19-11-7-18(8-12-19)26-22(30)25-16-5-3-2-4-6-16/h2-15H,1H3,(H,24,27)(H2,23,28,29)(H2,25,26,30). The van der Waals surface area contributed by atoms with E-state index in [2.05, 4.69) is 16.0 Å². The van der Waals surface area contributed by atoms with Crippen molar-refractivity contribution in [2.24, 2.45) is 5.14 Å². The van der Waals surface area contributed by atoms with Crippen molar-refractivity contribution in [1.82, 2.24) is 0 Å². The van der Waals surface area contributed by atoms with E-state index in [1.54, 1.807) is 6.92 Å². The van der Waals surface area contributed by atoms with Gasteiger partial charge in [0.25, 0.3) is 0 Å². The molecule has 3 rings (SSSR count). The summed E-state index contributed by atoms with van der Waals surface area (Å²) in [7, 11) is -3.77. The third-order valence-corrected chi connectivity index (χ3v) is 6.52. The topological polar surface area (TPSA) is 113 Å². The molecule has 0 fully saturated rings. The number of para-hydroxylation sites is 1. The maximum absolute atomic E-state index is 12.5. The Balaban J connectivity index is 1.51. The minimum Gasteiger partial charge on any atom is -0.332 e. The fourth-order valence-electron chi connectivity index (χ4n) is 2.66. The van der Waals surface area contributed by atoms with Gasteiger partial charge in [-0.2, -0.15) is 0 Å². The first-order valence-corrected chi connectivity index (χ1v) is 12.4. The van der Waals surface area contributed by atoms with Crippen molar-refractivity contribution >= 4 is 62.1 Å². The van der Waals surface area contributed by atoms with Crippen LogP contribution in [-0.4, -0.2) is 24.7 Å². The second-order valence-electron chi connectivity index (χ2n) is 6.79. The molecule has 0 aliphatic heterocycles. The maximum Gasteiger partial charge on any atom is 0.238 e. The van der Waals surface area contributed by atoms with Crippen LogP contribution in [0.3, 0.4) is 0 Å². The van der Waals surface area contributed by atoms with Gasteiger partial charge in [0.2, 0.25) is 15.9 Å². The lowest BCUT2D eigenvalue weighted by atomic mass is 10.3. The molecule has 0 radical (unpaired) electrons. The Bertz CT molecular complexity index is 1180. The van der Waals surface area contributed by atoms with Crippen molar-refractivity contribution in [3.8, 4) is 0 Å². The highest BCUT2D eigenvalue weighted by Gasteiger charge is 2.15. The molecule has 1 amide bonds. The summed E-state index contributed by atoms with van der Waals surface area (Å²) in [6, 6.07) is 22.9. The zero-order chi connectivity index (χ0) is 23.1. The van der Waals surface area contributed by atoms with E-state index in [1.165, 1.54) is 36.0 Å². The molecule has 32 heavy (non-hydrogen) atoms. The molecule has 7 nitrogen and oxygen atoms in total. The Labute approximate surface area is 196 Å². The fraction of sp³-hybridized carbons (Fsp3) is 0.0909. The van der Waals surface area contributed by atoms with Crippen molar-refractivity contribution in [1.29, 1.82) is 0 Å². The predicted octanol–water partition coefficient (Wildman–Crippen LogP) is 4.26. The Morgan fingerprint density at radius 2 is 1.34 bits per heavy atom. The van der Waals surface area contributed by atoms with Gasteiger partial charge in [0.15, 0.2) is 5.11 Å². The second-order valence-corrected chi connectivity index (χ2v) is 10.2. The largest absolute Gasteiger partial charge is 0.332 e. The van der Waals surface area contributed by atoms with Crippen LogP contribution >= 0.6 is 24.0 Å². The number of nitrogens with one attached hydrogen (secondary N) is 3. The molecule has 0 bridgehead atoms. The van der Waals surface area contributed by atoms with Crippen LogP contribution < -0.4 is 21.1 Å². The predicted molar refractivity (Wildman–Crippen MR) is 134 cm³/mol. The van der Waals surface area contributed by atoms with E-state index in [0.29, 0.717) is 10.8 Å². The number of carbonyl (C=O) groups excluding carboxylic acids is 1. The molecule has 3 aromatic rings. The van der Waals surface area contributed by atoms with Crippen molar-refractivity contribution in [2.75, 3.05) is 16.0 Å². The first kappa shape index (κ1) is 23.7. The first-order valence-electron chi connectivity index (χ1n) is 9.54. The van der Waals surface area contributed by atoms with Crippen LogP contribution in [0.1, 0.15) is 6.92 Å². The van der Waals surface area contributed by atoms with Gasteiger partial charge in [0, 0.05) is 22.0 Å². The molecular formula is C22H22N4O3S3. The van der Waals surface area contributed by atoms with E-state index in [4.69, 9.17) is 17.4 Å². The molecule has 1 atom stereocenters. The number of hydrogen-bond acceptors (Lipinski definition) is 5. The molecule has 3 aromatic carbocycles. The van der Waals surface area contributed by atoms with E-state index in [-0.39, 0.29) is 16.1 Å². The Kier molecular flexibility index (Phi) is 7.86. The Morgan fingerprint density at radius 3 is 1.91 bits per heavy atom. The third-order valence-electron chi connectivity index (χ3n) is 4.28. The molecule has 1 unspecified atom stereocenters. The molecule has 0 aliphatic rings. The summed E-state index contributed by atoms with van der Waals surface area (Å²) < 4.78 is 22.6. The van der Waals surface area contributed by atoms with Gasteiger partial charge < -0.3 is 16.0 Å². The lowest BCUT2D eigenvalue weighted by Gasteiger charge is -2.13. The second kappa shape index (κ2) is 10.6. The Hall–Kier alpha value is -2.92. The van der Waals surface area contributed by atoms with Crippen molar-refractivity contribution in [2.45, 2.75) is 22.0 Å². The van der Waals surface area contributed by atoms with Crippen LogP contribution in [0.2, 0.25) is 0 Å². The zero-order valence-electron chi connectivity index (χ0n) is 17.1. The zero-order valence-corrected chi connectivity index (χ0v) is 19.6. The number of amides is 1. The minimum absolute atomic E-state index is 0.00919. The van der Waals surface area contributed by atoms with E-state index < -0.39 is 10.0 Å². The molecule has 0 saturated carbocycles. The monoisotopic (exact) mass is 486 g/mol. The summed E-state index contributed by atoms with van der Waals surface area (Å²) in [5.74, 6) is -0.200. The summed E-state index contributed by atoms with van der Waals surface area (Å²) in [5.41, 5.74) is 2.22. The van der Waals surface area contributed by atoms with Gasteiger partial charge in [-0.15, -0.1) is 11.8 Å². The number of nitrogens with two attached hydrogens (primary N) is 1. The van der Waals surface area contributed by atoms with Gasteiger partial charge in [-0.1, -0.05) is 18.2 Å². The molecule has 0 saturated heterocycles. The van der Waals surface area contributed by atoms with Crippen LogP contribution in [-0.2, 0) is 14.8 Å². The van der Waals surface area contributed by atoms with Gasteiger partial charge in [0.1, 0.15) is 0 Å². The van der Waals surface area contributed by atoms with Crippen LogP contribution in [0.5, 0.6) is 0 Å². The Morgan fingerprint density at radius 1 is 0.844 bits per heavy atom. The normalized spacial score (nSPS) is 11.9. The fourth-order valence-corrected chi connectivity index (χ4v) is 4.28. The lowest BCUT2D eigenvalue weighted by Crippen LogP contribution is -2.22. The molecule has 5 N–H and O–H groups in total. The smallest absolute Gasteiger partial charge is 0.238 e. The van der Waals surface area contributed by atoms with Gasteiger partial charge in [-0.3, -0.25) is 4.79 Å². The number of sulfonamides is 1. The van der Waals surface area contributed by atoms with Crippen LogP contribution in [0.4, 0.5) is 17.1 Å². The quantitative estimate of drug-likeness (QED) is 0.291. The van der Waals surface area contributed by atoms with Crippen LogP contribution in [0.25, 0.3) is 0 Å². The summed E-state index contributed by atoms with van der Waals surface area (Å²) in [6.07, 6.45) is 0. The number of benzene rings is 3. The molecule has 166 valence electrons. The van der Waals surface area contributed by atoms with Gasteiger partial charge in [-0.25, -0.2) is 13.6 Å².